The highest BCUT2D eigenvalue weighted by Gasteiger charge is 2.17. The molecule has 4 nitrogen and oxygen atoms in total. The number of carbonyl (C=O) groups excluding carboxylic acids is 1. The van der Waals surface area contributed by atoms with Crippen LogP contribution in [-0.4, -0.2) is 10.9 Å². The maximum atomic E-state index is 12.7. The van der Waals surface area contributed by atoms with Crippen LogP contribution < -0.4 is 10.1 Å². The zero-order chi connectivity index (χ0) is 17.6. The van der Waals surface area contributed by atoms with Crippen LogP contribution in [0.2, 0.25) is 0 Å². The molecule has 0 aliphatic rings. The zero-order valence-corrected chi connectivity index (χ0v) is 14.3. The minimum atomic E-state index is -0.216. The molecule has 0 fully saturated rings. The van der Waals surface area contributed by atoms with Gasteiger partial charge in [0.2, 0.25) is 5.88 Å². The van der Waals surface area contributed by atoms with Gasteiger partial charge < -0.3 is 10.1 Å². The fraction of sp³-hybridized carbons (Fsp3) is 0.143. The van der Waals surface area contributed by atoms with Gasteiger partial charge in [0.25, 0.3) is 5.91 Å². The first kappa shape index (κ1) is 16.7. The summed E-state index contributed by atoms with van der Waals surface area (Å²) in [6, 6.07) is 20.7. The summed E-state index contributed by atoms with van der Waals surface area (Å²) in [5.74, 6) is 0.719. The van der Waals surface area contributed by atoms with Crippen molar-refractivity contribution in [3.63, 3.8) is 0 Å². The summed E-state index contributed by atoms with van der Waals surface area (Å²) in [6.45, 7) is 3.99. The number of pyridine rings is 1. The van der Waals surface area contributed by atoms with E-state index in [0.717, 1.165) is 5.56 Å². The molecule has 0 saturated carbocycles. The maximum Gasteiger partial charge on any atom is 0.257 e. The molecule has 0 aliphatic heterocycles. The number of benzene rings is 2. The van der Waals surface area contributed by atoms with E-state index in [-0.39, 0.29) is 11.9 Å². The van der Waals surface area contributed by atoms with Gasteiger partial charge in [-0.15, -0.1) is 0 Å². The van der Waals surface area contributed by atoms with Crippen LogP contribution in [0.15, 0.2) is 72.9 Å². The predicted molar refractivity (Wildman–Crippen MR) is 97.8 cm³/mol. The first-order valence-corrected chi connectivity index (χ1v) is 8.19. The second-order valence-corrected chi connectivity index (χ2v) is 5.88. The number of nitrogens with one attached hydrogen (secondary N) is 1. The summed E-state index contributed by atoms with van der Waals surface area (Å²) in [5, 5.41) is 3.00. The van der Waals surface area contributed by atoms with E-state index in [1.807, 2.05) is 68.4 Å². The number of hydrogen-bond acceptors (Lipinski definition) is 3. The Kier molecular flexibility index (Phi) is 5.09. The van der Waals surface area contributed by atoms with Crippen molar-refractivity contribution in [3.8, 4) is 11.6 Å². The number of ether oxygens (including phenoxy) is 1. The second-order valence-electron chi connectivity index (χ2n) is 5.88. The number of carbonyl (C=O) groups is 1. The van der Waals surface area contributed by atoms with Crippen molar-refractivity contribution >= 4 is 5.91 Å². The number of rotatable bonds is 5. The normalized spacial score (nSPS) is 11.6. The lowest BCUT2D eigenvalue weighted by Gasteiger charge is -2.16. The number of aryl methyl sites for hydroxylation is 1. The van der Waals surface area contributed by atoms with E-state index in [1.54, 1.807) is 18.3 Å². The molecular weight excluding hydrogens is 312 g/mol. The first-order chi connectivity index (χ1) is 12.1. The third-order valence-corrected chi connectivity index (χ3v) is 3.90. The van der Waals surface area contributed by atoms with E-state index in [1.165, 1.54) is 5.56 Å². The minimum Gasteiger partial charge on any atom is -0.438 e. The Morgan fingerprint density at radius 2 is 1.72 bits per heavy atom. The van der Waals surface area contributed by atoms with Crippen LogP contribution in [0.25, 0.3) is 0 Å². The van der Waals surface area contributed by atoms with Crippen LogP contribution in [0.1, 0.15) is 34.5 Å². The highest BCUT2D eigenvalue weighted by molar-refractivity contribution is 5.96. The maximum absolute atomic E-state index is 12.7. The Hall–Kier alpha value is -3.14. The lowest BCUT2D eigenvalue weighted by Crippen LogP contribution is -2.27. The van der Waals surface area contributed by atoms with Gasteiger partial charge in [0.1, 0.15) is 11.3 Å². The molecular formula is C21H20N2O2. The van der Waals surface area contributed by atoms with Gasteiger partial charge in [-0.05, 0) is 43.7 Å². The average Bonchev–Trinajstić information content (AvgIpc) is 2.63. The van der Waals surface area contributed by atoms with E-state index in [0.29, 0.717) is 17.2 Å². The van der Waals surface area contributed by atoms with Crippen molar-refractivity contribution in [1.29, 1.82) is 0 Å². The number of aromatic nitrogens is 1. The Bertz CT molecular complexity index is 845. The molecule has 0 bridgehead atoms. The number of hydrogen-bond donors (Lipinski definition) is 1. The number of para-hydroxylation sites is 1. The summed E-state index contributed by atoms with van der Waals surface area (Å²) in [5.41, 5.74) is 2.65. The highest BCUT2D eigenvalue weighted by atomic mass is 16.5. The molecule has 4 heteroatoms. The molecule has 1 N–H and O–H groups in total. The van der Waals surface area contributed by atoms with Crippen molar-refractivity contribution in [2.45, 2.75) is 19.9 Å². The molecule has 3 aromatic rings. The molecule has 1 atom stereocenters. The fourth-order valence-corrected chi connectivity index (χ4v) is 2.46. The summed E-state index contributed by atoms with van der Waals surface area (Å²) in [6.07, 6.45) is 1.61. The standard InChI is InChI=1S/C21H20N2O2/c1-15-10-12-17(13-11-15)16(2)23-20(24)19-9-6-14-22-21(19)25-18-7-4-3-5-8-18/h3-14,16H,1-2H3,(H,23,24). The summed E-state index contributed by atoms with van der Waals surface area (Å²) in [7, 11) is 0. The monoisotopic (exact) mass is 332 g/mol. The Labute approximate surface area is 147 Å². The topological polar surface area (TPSA) is 51.2 Å². The van der Waals surface area contributed by atoms with Crippen molar-refractivity contribution in [2.75, 3.05) is 0 Å². The third-order valence-electron chi connectivity index (χ3n) is 3.90. The van der Waals surface area contributed by atoms with Crippen molar-refractivity contribution in [3.05, 3.63) is 89.6 Å². The quantitative estimate of drug-likeness (QED) is 0.738. The molecule has 126 valence electrons. The Morgan fingerprint density at radius 3 is 2.44 bits per heavy atom. The molecule has 0 radical (unpaired) electrons. The number of nitrogens with zero attached hydrogens (tertiary/aromatic N) is 1. The average molecular weight is 332 g/mol. The van der Waals surface area contributed by atoms with Crippen LogP contribution in [0.3, 0.4) is 0 Å². The third kappa shape index (κ3) is 4.23. The van der Waals surface area contributed by atoms with Gasteiger partial charge in [0.15, 0.2) is 0 Å². The summed E-state index contributed by atoms with van der Waals surface area (Å²) < 4.78 is 5.76. The molecule has 0 spiro atoms. The summed E-state index contributed by atoms with van der Waals surface area (Å²) in [4.78, 5) is 16.9. The first-order valence-electron chi connectivity index (χ1n) is 8.19. The van der Waals surface area contributed by atoms with E-state index >= 15 is 0 Å². The minimum absolute atomic E-state index is 0.113. The lowest BCUT2D eigenvalue weighted by molar-refractivity contribution is 0.0937. The van der Waals surface area contributed by atoms with Crippen molar-refractivity contribution in [2.24, 2.45) is 0 Å². The van der Waals surface area contributed by atoms with Gasteiger partial charge in [-0.25, -0.2) is 4.98 Å². The van der Waals surface area contributed by atoms with Crippen molar-refractivity contribution in [1.82, 2.24) is 10.3 Å². The van der Waals surface area contributed by atoms with Gasteiger partial charge >= 0.3 is 0 Å². The van der Waals surface area contributed by atoms with Crippen LogP contribution in [0.4, 0.5) is 0 Å². The van der Waals surface area contributed by atoms with E-state index < -0.39 is 0 Å². The SMILES string of the molecule is Cc1ccc(C(C)NC(=O)c2cccnc2Oc2ccccc2)cc1. The van der Waals surface area contributed by atoms with Crippen LogP contribution in [0.5, 0.6) is 11.6 Å². The number of amides is 1. The van der Waals surface area contributed by atoms with Crippen LogP contribution >= 0.6 is 0 Å². The lowest BCUT2D eigenvalue weighted by atomic mass is 10.1. The second kappa shape index (κ2) is 7.62. The highest BCUT2D eigenvalue weighted by Crippen LogP contribution is 2.23. The Morgan fingerprint density at radius 1 is 1.00 bits per heavy atom. The molecule has 3 rings (SSSR count). The smallest absolute Gasteiger partial charge is 0.257 e. The van der Waals surface area contributed by atoms with Gasteiger partial charge in [-0.1, -0.05) is 48.0 Å². The Balaban J connectivity index is 1.77. The predicted octanol–water partition coefficient (Wildman–Crippen LogP) is 4.67. The molecule has 25 heavy (non-hydrogen) atoms. The van der Waals surface area contributed by atoms with E-state index in [2.05, 4.69) is 10.3 Å². The molecule has 1 heterocycles. The van der Waals surface area contributed by atoms with Crippen LogP contribution in [-0.2, 0) is 0 Å². The van der Waals surface area contributed by atoms with E-state index in [9.17, 15) is 4.79 Å². The van der Waals surface area contributed by atoms with Gasteiger partial charge in [-0.3, -0.25) is 4.79 Å². The molecule has 1 unspecified atom stereocenters. The van der Waals surface area contributed by atoms with Crippen LogP contribution in [0, 0.1) is 6.92 Å². The zero-order valence-electron chi connectivity index (χ0n) is 14.3. The molecule has 1 amide bonds. The molecule has 1 aromatic heterocycles. The van der Waals surface area contributed by atoms with E-state index in [4.69, 9.17) is 4.74 Å². The molecule has 0 aliphatic carbocycles. The molecule has 2 aromatic carbocycles. The molecule has 0 saturated heterocycles. The largest absolute Gasteiger partial charge is 0.438 e. The fourth-order valence-electron chi connectivity index (χ4n) is 2.46. The summed E-state index contributed by atoms with van der Waals surface area (Å²) >= 11 is 0. The van der Waals surface area contributed by atoms with Gasteiger partial charge in [0.05, 0.1) is 6.04 Å². The van der Waals surface area contributed by atoms with Gasteiger partial charge in [0, 0.05) is 6.20 Å². The van der Waals surface area contributed by atoms with Crippen molar-refractivity contribution < 1.29 is 9.53 Å². The van der Waals surface area contributed by atoms with Gasteiger partial charge in [-0.2, -0.15) is 0 Å².